The molecule has 1 saturated carbocycles. The van der Waals surface area contributed by atoms with Crippen LogP contribution in [0.1, 0.15) is 45.4 Å². The second-order valence-electron chi connectivity index (χ2n) is 5.66. The van der Waals surface area contributed by atoms with E-state index in [9.17, 15) is 4.79 Å². The number of ether oxygens (including phenoxy) is 1. The van der Waals surface area contributed by atoms with Crippen molar-refractivity contribution >= 4 is 5.91 Å². The fourth-order valence-corrected chi connectivity index (χ4v) is 3.09. The number of nitrogens with zero attached hydrogens (tertiary/aromatic N) is 1. The zero-order valence-corrected chi connectivity index (χ0v) is 11.4. The molecule has 1 aliphatic heterocycles. The molecular weight excluding hydrogens is 228 g/mol. The number of carbonyl (C=O) groups is 1. The Hall–Kier alpha value is -0.610. The lowest BCUT2D eigenvalue weighted by atomic mass is 9.90. The van der Waals surface area contributed by atoms with Crippen LogP contribution in [0, 0.1) is 5.92 Å². The second-order valence-corrected chi connectivity index (χ2v) is 5.66. The molecule has 1 saturated heterocycles. The van der Waals surface area contributed by atoms with Gasteiger partial charge in [0.15, 0.2) is 0 Å². The molecule has 0 aromatic carbocycles. The maximum atomic E-state index is 12.5. The average molecular weight is 254 g/mol. The van der Waals surface area contributed by atoms with Crippen LogP contribution in [0.5, 0.6) is 0 Å². The van der Waals surface area contributed by atoms with E-state index < -0.39 is 0 Å². The quantitative estimate of drug-likeness (QED) is 0.828. The predicted octanol–water partition coefficient (Wildman–Crippen LogP) is 1.53. The molecule has 104 valence electrons. The van der Waals surface area contributed by atoms with Crippen molar-refractivity contribution in [2.75, 3.05) is 19.8 Å². The van der Waals surface area contributed by atoms with Crippen LogP contribution in [-0.4, -0.2) is 42.6 Å². The third kappa shape index (κ3) is 3.23. The summed E-state index contributed by atoms with van der Waals surface area (Å²) in [5.74, 6) is 0.418. The monoisotopic (exact) mass is 254 g/mol. The SMILES string of the molecule is CCCN(C(=O)C1CCOC1)C1CCC(N)CC1. The van der Waals surface area contributed by atoms with Crippen molar-refractivity contribution < 1.29 is 9.53 Å². The molecular formula is C14H26N2O2. The fourth-order valence-electron chi connectivity index (χ4n) is 3.09. The highest BCUT2D eigenvalue weighted by molar-refractivity contribution is 5.79. The third-order valence-electron chi connectivity index (χ3n) is 4.21. The van der Waals surface area contributed by atoms with Crippen LogP contribution in [0.15, 0.2) is 0 Å². The van der Waals surface area contributed by atoms with Gasteiger partial charge in [-0.25, -0.2) is 0 Å². The van der Waals surface area contributed by atoms with E-state index in [2.05, 4.69) is 11.8 Å². The molecule has 1 aliphatic carbocycles. The topological polar surface area (TPSA) is 55.6 Å². The summed E-state index contributed by atoms with van der Waals surface area (Å²) in [6.45, 7) is 4.38. The molecule has 0 radical (unpaired) electrons. The summed E-state index contributed by atoms with van der Waals surface area (Å²) in [4.78, 5) is 14.6. The van der Waals surface area contributed by atoms with Gasteiger partial charge < -0.3 is 15.4 Å². The molecule has 0 spiro atoms. The molecule has 2 fully saturated rings. The highest BCUT2D eigenvalue weighted by Gasteiger charge is 2.33. The predicted molar refractivity (Wildman–Crippen MR) is 71.2 cm³/mol. The van der Waals surface area contributed by atoms with Crippen LogP contribution in [-0.2, 0) is 9.53 Å². The summed E-state index contributed by atoms with van der Waals surface area (Å²) < 4.78 is 5.34. The lowest BCUT2D eigenvalue weighted by Gasteiger charge is -2.37. The number of nitrogens with two attached hydrogens (primary N) is 1. The summed E-state index contributed by atoms with van der Waals surface area (Å²) in [6, 6.07) is 0.757. The highest BCUT2D eigenvalue weighted by atomic mass is 16.5. The second kappa shape index (κ2) is 6.53. The van der Waals surface area contributed by atoms with Gasteiger partial charge in [-0.3, -0.25) is 4.79 Å². The molecule has 1 amide bonds. The Bertz CT molecular complexity index is 269. The summed E-state index contributed by atoms with van der Waals surface area (Å²) in [5, 5.41) is 0. The van der Waals surface area contributed by atoms with E-state index in [0.717, 1.165) is 51.7 Å². The van der Waals surface area contributed by atoms with Crippen LogP contribution in [0.3, 0.4) is 0 Å². The molecule has 2 aliphatic rings. The number of rotatable bonds is 4. The Labute approximate surface area is 110 Å². The van der Waals surface area contributed by atoms with Gasteiger partial charge in [0.2, 0.25) is 5.91 Å². The van der Waals surface area contributed by atoms with Crippen LogP contribution in [0.4, 0.5) is 0 Å². The zero-order chi connectivity index (χ0) is 13.0. The largest absolute Gasteiger partial charge is 0.381 e. The maximum absolute atomic E-state index is 12.5. The van der Waals surface area contributed by atoms with Crippen molar-refractivity contribution in [2.45, 2.75) is 57.5 Å². The van der Waals surface area contributed by atoms with E-state index in [-0.39, 0.29) is 5.92 Å². The first-order chi connectivity index (χ1) is 8.72. The Kier molecular flexibility index (Phi) is 5.01. The average Bonchev–Trinajstić information content (AvgIpc) is 2.90. The minimum absolute atomic E-state index is 0.104. The minimum Gasteiger partial charge on any atom is -0.381 e. The van der Waals surface area contributed by atoms with E-state index in [1.807, 2.05) is 0 Å². The van der Waals surface area contributed by atoms with Gasteiger partial charge in [0.1, 0.15) is 0 Å². The van der Waals surface area contributed by atoms with Crippen molar-refractivity contribution in [3.05, 3.63) is 0 Å². The van der Waals surface area contributed by atoms with E-state index in [0.29, 0.717) is 24.6 Å². The Morgan fingerprint density at radius 2 is 2.00 bits per heavy atom. The zero-order valence-electron chi connectivity index (χ0n) is 11.4. The van der Waals surface area contributed by atoms with Gasteiger partial charge in [0.25, 0.3) is 0 Å². The van der Waals surface area contributed by atoms with Crippen LogP contribution in [0.2, 0.25) is 0 Å². The van der Waals surface area contributed by atoms with Crippen LogP contribution < -0.4 is 5.73 Å². The molecule has 18 heavy (non-hydrogen) atoms. The first-order valence-corrected chi connectivity index (χ1v) is 7.36. The molecule has 4 heteroatoms. The van der Waals surface area contributed by atoms with Gasteiger partial charge in [-0.1, -0.05) is 6.92 Å². The molecule has 0 bridgehead atoms. The minimum atomic E-state index is 0.104. The van der Waals surface area contributed by atoms with Gasteiger partial charge in [-0.2, -0.15) is 0 Å². The molecule has 0 aromatic rings. The van der Waals surface area contributed by atoms with Crippen molar-refractivity contribution in [1.82, 2.24) is 4.90 Å². The standard InChI is InChI=1S/C14H26N2O2/c1-2-8-16(13-5-3-12(15)4-6-13)14(17)11-7-9-18-10-11/h11-13H,2-10,15H2,1H3. The van der Waals surface area contributed by atoms with Crippen molar-refractivity contribution in [1.29, 1.82) is 0 Å². The van der Waals surface area contributed by atoms with Gasteiger partial charge in [0, 0.05) is 25.2 Å². The normalized spacial score (nSPS) is 32.4. The van der Waals surface area contributed by atoms with Crippen molar-refractivity contribution in [3.8, 4) is 0 Å². The molecule has 0 aromatic heterocycles. The number of amides is 1. The number of hydrogen-bond acceptors (Lipinski definition) is 3. The Morgan fingerprint density at radius 3 is 2.56 bits per heavy atom. The fraction of sp³-hybridized carbons (Fsp3) is 0.929. The Morgan fingerprint density at radius 1 is 1.28 bits per heavy atom. The number of carbonyl (C=O) groups excluding carboxylic acids is 1. The first-order valence-electron chi connectivity index (χ1n) is 7.36. The third-order valence-corrected chi connectivity index (χ3v) is 4.21. The lowest BCUT2D eigenvalue weighted by Crippen LogP contribution is -2.47. The van der Waals surface area contributed by atoms with Gasteiger partial charge in [-0.05, 0) is 38.5 Å². The molecule has 1 atom stereocenters. The summed E-state index contributed by atoms with van der Waals surface area (Å²) in [6.07, 6.45) is 6.17. The highest BCUT2D eigenvalue weighted by Crippen LogP contribution is 2.25. The van der Waals surface area contributed by atoms with Crippen molar-refractivity contribution in [2.24, 2.45) is 11.7 Å². The summed E-state index contributed by atoms with van der Waals surface area (Å²) >= 11 is 0. The maximum Gasteiger partial charge on any atom is 0.228 e. The molecule has 2 N–H and O–H groups in total. The lowest BCUT2D eigenvalue weighted by molar-refractivity contribution is -0.138. The molecule has 4 nitrogen and oxygen atoms in total. The van der Waals surface area contributed by atoms with E-state index in [1.165, 1.54) is 0 Å². The van der Waals surface area contributed by atoms with E-state index >= 15 is 0 Å². The van der Waals surface area contributed by atoms with E-state index in [4.69, 9.17) is 10.5 Å². The van der Waals surface area contributed by atoms with Gasteiger partial charge in [0.05, 0.1) is 12.5 Å². The number of hydrogen-bond donors (Lipinski definition) is 1. The van der Waals surface area contributed by atoms with E-state index in [1.54, 1.807) is 0 Å². The van der Waals surface area contributed by atoms with Crippen LogP contribution in [0.25, 0.3) is 0 Å². The first kappa shape index (κ1) is 13.8. The van der Waals surface area contributed by atoms with Crippen LogP contribution >= 0.6 is 0 Å². The summed E-state index contributed by atoms with van der Waals surface area (Å²) in [7, 11) is 0. The molecule has 1 heterocycles. The van der Waals surface area contributed by atoms with Gasteiger partial charge >= 0.3 is 0 Å². The van der Waals surface area contributed by atoms with Crippen molar-refractivity contribution in [3.63, 3.8) is 0 Å². The molecule has 1 unspecified atom stereocenters. The van der Waals surface area contributed by atoms with Gasteiger partial charge in [-0.15, -0.1) is 0 Å². The summed E-state index contributed by atoms with van der Waals surface area (Å²) in [5.41, 5.74) is 5.95. The Balaban J connectivity index is 1.95. The molecule has 2 rings (SSSR count). The smallest absolute Gasteiger partial charge is 0.228 e.